The summed E-state index contributed by atoms with van der Waals surface area (Å²) in [6.07, 6.45) is 1.27. The zero-order valence-electron chi connectivity index (χ0n) is 6.23. The quantitative estimate of drug-likeness (QED) is 0.597. The summed E-state index contributed by atoms with van der Waals surface area (Å²) in [7, 11) is 0. The number of rotatable bonds is 2. The largest absolute Gasteiger partial charge is 0.549 e. The number of hydrogen-bond donors (Lipinski definition) is 0. The maximum absolute atomic E-state index is 11.9. The third-order valence-electron chi connectivity index (χ3n) is 1.58. The van der Waals surface area contributed by atoms with Crippen LogP contribution in [0.25, 0.3) is 0 Å². The van der Waals surface area contributed by atoms with Crippen LogP contribution in [0.1, 0.15) is 6.42 Å². The Morgan fingerprint density at radius 3 is 2.58 bits per heavy atom. The Morgan fingerprint density at radius 1 is 1.50 bits per heavy atom. The molecule has 0 aliphatic carbocycles. The SMILES string of the molecule is O=C(C1=CCOCC1)[B-](F)(F)F. The molecule has 1 heterocycles. The van der Waals surface area contributed by atoms with E-state index in [-0.39, 0.29) is 25.2 Å². The molecule has 1 aliphatic heterocycles. The summed E-state index contributed by atoms with van der Waals surface area (Å²) in [6.45, 7) is -5.06. The fraction of sp³-hybridized carbons (Fsp3) is 0.500. The molecule has 0 aromatic heterocycles. The summed E-state index contributed by atoms with van der Waals surface area (Å²) in [5.41, 5.74) is -1.84. The molecular weight excluding hydrogens is 172 g/mol. The van der Waals surface area contributed by atoms with Gasteiger partial charge in [0.15, 0.2) is 0 Å². The summed E-state index contributed by atoms with van der Waals surface area (Å²) in [5, 5.41) is 0. The van der Waals surface area contributed by atoms with Crippen LogP contribution in [0.4, 0.5) is 12.9 Å². The smallest absolute Gasteiger partial charge is 0.443 e. The van der Waals surface area contributed by atoms with Crippen molar-refractivity contribution in [2.75, 3.05) is 13.2 Å². The summed E-state index contributed by atoms with van der Waals surface area (Å²) in [4.78, 5) is 10.6. The molecule has 0 aromatic rings. The first-order chi connectivity index (χ1) is 5.52. The lowest BCUT2D eigenvalue weighted by Gasteiger charge is -2.18. The third-order valence-corrected chi connectivity index (χ3v) is 1.58. The van der Waals surface area contributed by atoms with Crippen molar-refractivity contribution in [2.45, 2.75) is 6.42 Å². The molecule has 0 atom stereocenters. The lowest BCUT2D eigenvalue weighted by molar-refractivity contribution is -0.112. The van der Waals surface area contributed by atoms with Gasteiger partial charge in [-0.3, -0.25) is 0 Å². The van der Waals surface area contributed by atoms with E-state index < -0.39 is 12.7 Å². The molecular formula is C6H7BF3O2-. The van der Waals surface area contributed by atoms with E-state index in [2.05, 4.69) is 0 Å². The zero-order valence-corrected chi connectivity index (χ0v) is 6.23. The number of halogens is 3. The number of carbonyl (C=O) groups excluding carboxylic acids is 1. The van der Waals surface area contributed by atoms with E-state index in [9.17, 15) is 17.7 Å². The second-order valence-electron chi connectivity index (χ2n) is 2.49. The van der Waals surface area contributed by atoms with Gasteiger partial charge in [0.05, 0.1) is 13.2 Å². The summed E-state index contributed by atoms with van der Waals surface area (Å²) < 4.78 is 40.4. The Morgan fingerprint density at radius 2 is 2.17 bits per heavy atom. The van der Waals surface area contributed by atoms with E-state index in [1.54, 1.807) is 0 Å². The van der Waals surface area contributed by atoms with Crippen LogP contribution in [0.2, 0.25) is 0 Å². The molecule has 12 heavy (non-hydrogen) atoms. The van der Waals surface area contributed by atoms with Crippen molar-refractivity contribution in [1.29, 1.82) is 0 Å². The van der Waals surface area contributed by atoms with Crippen molar-refractivity contribution in [3.8, 4) is 0 Å². The zero-order chi connectivity index (χ0) is 9.19. The van der Waals surface area contributed by atoms with Gasteiger partial charge in [0.25, 0.3) is 0 Å². The van der Waals surface area contributed by atoms with Gasteiger partial charge in [-0.1, -0.05) is 6.08 Å². The number of ether oxygens (including phenoxy) is 1. The highest BCUT2D eigenvalue weighted by atomic mass is 19.4. The fourth-order valence-corrected chi connectivity index (χ4v) is 0.961. The minimum Gasteiger partial charge on any atom is -0.443 e. The van der Waals surface area contributed by atoms with Crippen LogP contribution in [0.15, 0.2) is 11.6 Å². The van der Waals surface area contributed by atoms with Gasteiger partial charge in [0.1, 0.15) is 5.68 Å². The Kier molecular flexibility index (Phi) is 2.57. The summed E-state index contributed by atoms with van der Waals surface area (Å²) in [5.74, 6) is 0. The molecule has 1 aliphatic rings. The maximum Gasteiger partial charge on any atom is 0.549 e. The topological polar surface area (TPSA) is 26.3 Å². The molecule has 0 radical (unpaired) electrons. The van der Waals surface area contributed by atoms with Crippen LogP contribution < -0.4 is 0 Å². The van der Waals surface area contributed by atoms with Crippen LogP contribution in [-0.4, -0.2) is 25.9 Å². The van der Waals surface area contributed by atoms with Crippen LogP contribution in [-0.2, 0) is 9.53 Å². The molecule has 0 bridgehead atoms. The highest BCUT2D eigenvalue weighted by Gasteiger charge is 2.35. The first kappa shape index (κ1) is 9.31. The second kappa shape index (κ2) is 3.31. The molecule has 0 spiro atoms. The van der Waals surface area contributed by atoms with Gasteiger partial charge in [0, 0.05) is 0 Å². The van der Waals surface area contributed by atoms with Crippen molar-refractivity contribution in [1.82, 2.24) is 0 Å². The minimum atomic E-state index is -5.36. The van der Waals surface area contributed by atoms with Crippen LogP contribution in [0.3, 0.4) is 0 Å². The summed E-state index contributed by atoms with van der Waals surface area (Å²) in [6, 6.07) is 0. The molecule has 68 valence electrons. The molecule has 2 nitrogen and oxygen atoms in total. The average molecular weight is 179 g/mol. The van der Waals surface area contributed by atoms with Crippen molar-refractivity contribution in [2.24, 2.45) is 0 Å². The lowest BCUT2D eigenvalue weighted by Crippen LogP contribution is -2.32. The van der Waals surface area contributed by atoms with E-state index in [1.807, 2.05) is 0 Å². The molecule has 0 unspecified atom stereocenters. The molecule has 0 saturated carbocycles. The van der Waals surface area contributed by atoms with Gasteiger partial charge in [-0.05, 0) is 12.0 Å². The van der Waals surface area contributed by atoms with Crippen molar-refractivity contribution < 1.29 is 22.5 Å². The molecule has 0 amide bonds. The molecule has 0 fully saturated rings. The van der Waals surface area contributed by atoms with Crippen LogP contribution in [0.5, 0.6) is 0 Å². The van der Waals surface area contributed by atoms with Gasteiger partial charge >= 0.3 is 6.98 Å². The molecule has 0 saturated heterocycles. The van der Waals surface area contributed by atoms with E-state index in [0.29, 0.717) is 0 Å². The Bertz CT molecular complexity index is 221. The van der Waals surface area contributed by atoms with Gasteiger partial charge in [-0.2, -0.15) is 0 Å². The highest BCUT2D eigenvalue weighted by molar-refractivity contribution is 6.93. The Balaban J connectivity index is 2.70. The monoisotopic (exact) mass is 179 g/mol. The van der Waals surface area contributed by atoms with Gasteiger partial charge in [0.2, 0.25) is 0 Å². The second-order valence-corrected chi connectivity index (χ2v) is 2.49. The van der Waals surface area contributed by atoms with Crippen LogP contribution >= 0.6 is 0 Å². The number of hydrogen-bond acceptors (Lipinski definition) is 2. The first-order valence-electron chi connectivity index (χ1n) is 3.53. The minimum absolute atomic E-state index is 0.0695. The first-order valence-corrected chi connectivity index (χ1v) is 3.53. The maximum atomic E-state index is 11.9. The molecule has 1 rings (SSSR count). The van der Waals surface area contributed by atoms with E-state index in [1.165, 1.54) is 6.08 Å². The normalized spacial score (nSPS) is 18.8. The standard InChI is InChI=1S/C6H7BF3O2/c8-7(9,10)6(11)5-1-3-12-4-2-5/h1H,2-4H2/q-1. The lowest BCUT2D eigenvalue weighted by atomic mass is 9.78. The van der Waals surface area contributed by atoms with Crippen LogP contribution in [0, 0.1) is 0 Å². The van der Waals surface area contributed by atoms with Crippen molar-refractivity contribution in [3.05, 3.63) is 11.6 Å². The number of carbonyl (C=O) groups is 1. The molecule has 0 N–H and O–H groups in total. The van der Waals surface area contributed by atoms with E-state index >= 15 is 0 Å². The highest BCUT2D eigenvalue weighted by Crippen LogP contribution is 2.19. The molecule has 0 aromatic carbocycles. The predicted octanol–water partition coefficient (Wildman–Crippen LogP) is 1.29. The Hall–Kier alpha value is -0.775. The van der Waals surface area contributed by atoms with E-state index in [4.69, 9.17) is 4.74 Å². The molecule has 6 heteroatoms. The van der Waals surface area contributed by atoms with Crippen molar-refractivity contribution >= 4 is 12.7 Å². The summed E-state index contributed by atoms with van der Waals surface area (Å²) >= 11 is 0. The Labute approximate surface area is 67.4 Å². The van der Waals surface area contributed by atoms with Gasteiger partial charge in [-0.15, -0.1) is 0 Å². The fourth-order valence-electron chi connectivity index (χ4n) is 0.961. The van der Waals surface area contributed by atoms with Crippen molar-refractivity contribution in [3.63, 3.8) is 0 Å². The van der Waals surface area contributed by atoms with Gasteiger partial charge in [-0.25, -0.2) is 0 Å². The predicted molar refractivity (Wildman–Crippen MR) is 37.6 cm³/mol. The average Bonchev–Trinajstić information content (AvgIpc) is 2.03. The third kappa shape index (κ3) is 2.10. The van der Waals surface area contributed by atoms with Gasteiger partial charge < -0.3 is 22.5 Å². The van der Waals surface area contributed by atoms with E-state index in [0.717, 1.165) is 0 Å².